The summed E-state index contributed by atoms with van der Waals surface area (Å²) in [6.45, 7) is 0.866. The Kier molecular flexibility index (Phi) is 14.5. The number of aliphatic hydroxyl groups is 5. The van der Waals surface area contributed by atoms with Crippen LogP contribution in [0.5, 0.6) is 0 Å². The second kappa shape index (κ2) is 17.0. The van der Waals surface area contributed by atoms with Crippen molar-refractivity contribution in [2.45, 2.75) is 102 Å². The lowest BCUT2D eigenvalue weighted by Crippen LogP contribution is -2.59. The number of carbonyl (C=O) groups excluding carboxylic acids is 2. The van der Waals surface area contributed by atoms with Crippen LogP contribution in [0.3, 0.4) is 0 Å². The average molecular weight is 529 g/mol. The number of esters is 1. The molecule has 10 heteroatoms. The summed E-state index contributed by atoms with van der Waals surface area (Å²) in [5.74, 6) is 0.204. The second-order valence-electron chi connectivity index (χ2n) is 9.82. The van der Waals surface area contributed by atoms with Gasteiger partial charge in [-0.05, 0) is 37.7 Å². The van der Waals surface area contributed by atoms with Gasteiger partial charge in [-0.3, -0.25) is 9.59 Å². The number of aliphatic hydroxyl groups excluding tert-OH is 5. The number of rotatable bonds is 17. The van der Waals surface area contributed by atoms with Crippen molar-refractivity contribution in [1.82, 2.24) is 0 Å². The molecule has 10 nitrogen and oxygen atoms in total. The fourth-order valence-electron chi connectivity index (χ4n) is 4.59. The minimum absolute atomic E-state index is 0.0792. The first-order valence-corrected chi connectivity index (χ1v) is 13.4. The summed E-state index contributed by atoms with van der Waals surface area (Å²) in [6, 6.07) is 0. The lowest BCUT2D eigenvalue weighted by atomic mass is 9.87. The SMILES string of the molecule is CC/C=C\C[C@@H]1C(=O)C=C[C@@H]1CCCCCCCC(=O)OC[C@@H](O)CO[C@@H]1O[C@H](CO)[C@H](O)[C@H](O)[C@H]1O. The summed E-state index contributed by atoms with van der Waals surface area (Å²) in [6.07, 6.45) is 7.40. The molecular weight excluding hydrogens is 484 g/mol. The molecule has 8 atom stereocenters. The van der Waals surface area contributed by atoms with Gasteiger partial charge in [0.15, 0.2) is 12.1 Å². The molecule has 0 amide bonds. The first-order valence-electron chi connectivity index (χ1n) is 13.4. The molecule has 0 radical (unpaired) electrons. The van der Waals surface area contributed by atoms with E-state index in [1.165, 1.54) is 0 Å². The van der Waals surface area contributed by atoms with E-state index in [4.69, 9.17) is 14.2 Å². The Morgan fingerprint density at radius 2 is 1.78 bits per heavy atom. The molecule has 0 aromatic rings. The van der Waals surface area contributed by atoms with E-state index in [1.807, 2.05) is 6.08 Å². The van der Waals surface area contributed by atoms with Crippen molar-refractivity contribution in [2.75, 3.05) is 19.8 Å². The number of allylic oxidation sites excluding steroid dienone is 4. The maximum atomic E-state index is 12.1. The van der Waals surface area contributed by atoms with Crippen LogP contribution < -0.4 is 0 Å². The molecule has 37 heavy (non-hydrogen) atoms. The van der Waals surface area contributed by atoms with Gasteiger partial charge in [0.25, 0.3) is 0 Å². The highest BCUT2D eigenvalue weighted by atomic mass is 16.7. The number of hydrogen-bond donors (Lipinski definition) is 5. The fraction of sp³-hybridized carbons (Fsp3) is 0.778. The summed E-state index contributed by atoms with van der Waals surface area (Å²) in [7, 11) is 0. The Labute approximate surface area is 218 Å². The minimum Gasteiger partial charge on any atom is -0.463 e. The van der Waals surface area contributed by atoms with Crippen LogP contribution in [0.4, 0.5) is 0 Å². The topological polar surface area (TPSA) is 163 Å². The third-order valence-corrected chi connectivity index (χ3v) is 6.84. The molecule has 1 heterocycles. The molecule has 2 aliphatic rings. The van der Waals surface area contributed by atoms with Crippen molar-refractivity contribution in [2.24, 2.45) is 11.8 Å². The van der Waals surface area contributed by atoms with Crippen molar-refractivity contribution in [3.63, 3.8) is 0 Å². The summed E-state index contributed by atoms with van der Waals surface area (Å²) in [5, 5.41) is 48.6. The molecule has 0 saturated carbocycles. The Balaban J connectivity index is 1.51. The fourth-order valence-corrected chi connectivity index (χ4v) is 4.59. The first-order chi connectivity index (χ1) is 17.8. The van der Waals surface area contributed by atoms with Crippen molar-refractivity contribution in [1.29, 1.82) is 0 Å². The second-order valence-corrected chi connectivity index (χ2v) is 9.82. The normalized spacial score (nSPS) is 30.8. The zero-order chi connectivity index (χ0) is 27.2. The molecule has 1 aliphatic carbocycles. The van der Waals surface area contributed by atoms with Gasteiger partial charge in [-0.25, -0.2) is 0 Å². The highest BCUT2D eigenvalue weighted by Crippen LogP contribution is 2.30. The zero-order valence-corrected chi connectivity index (χ0v) is 21.7. The van der Waals surface area contributed by atoms with Crippen LogP contribution in [-0.2, 0) is 23.8 Å². The molecule has 0 unspecified atom stereocenters. The van der Waals surface area contributed by atoms with Crippen molar-refractivity contribution >= 4 is 11.8 Å². The Hall–Kier alpha value is -1.66. The third-order valence-electron chi connectivity index (χ3n) is 6.84. The van der Waals surface area contributed by atoms with Gasteiger partial charge in [0, 0.05) is 12.3 Å². The van der Waals surface area contributed by atoms with Gasteiger partial charge in [0.1, 0.15) is 37.1 Å². The molecule has 5 N–H and O–H groups in total. The average Bonchev–Trinajstić information content (AvgIpc) is 3.24. The highest BCUT2D eigenvalue weighted by molar-refractivity contribution is 5.94. The lowest BCUT2D eigenvalue weighted by molar-refractivity contribution is -0.305. The van der Waals surface area contributed by atoms with Gasteiger partial charge in [-0.15, -0.1) is 0 Å². The van der Waals surface area contributed by atoms with Gasteiger partial charge >= 0.3 is 5.97 Å². The summed E-state index contributed by atoms with van der Waals surface area (Å²) < 4.78 is 15.5. The van der Waals surface area contributed by atoms with Gasteiger partial charge in [0.05, 0.1) is 13.2 Å². The molecule has 0 bridgehead atoms. The van der Waals surface area contributed by atoms with E-state index in [0.29, 0.717) is 12.3 Å². The highest BCUT2D eigenvalue weighted by Gasteiger charge is 2.44. The van der Waals surface area contributed by atoms with Crippen LogP contribution in [0.1, 0.15) is 64.7 Å². The molecule has 1 aliphatic heterocycles. The molecular formula is C27H44O10. The molecule has 212 valence electrons. The van der Waals surface area contributed by atoms with Gasteiger partial charge < -0.3 is 39.7 Å². The molecule has 2 rings (SSSR count). The standard InChI is InChI=1S/C27H44O10/c1-2-3-7-11-20-18(13-14-21(20)30)10-8-5-4-6-9-12-23(31)35-16-19(29)17-36-27-26(34)25(33)24(32)22(15-28)37-27/h3,7,13-14,18-20,22,24-29,32-34H,2,4-6,8-12,15-17H2,1H3/b7-3-/t18-,19+,20-,22+,24-,25-,26+,27+/m0/s1. The number of ketones is 1. The summed E-state index contributed by atoms with van der Waals surface area (Å²) in [5.41, 5.74) is 0. The van der Waals surface area contributed by atoms with E-state index >= 15 is 0 Å². The van der Waals surface area contributed by atoms with E-state index < -0.39 is 49.4 Å². The molecule has 0 spiro atoms. The maximum absolute atomic E-state index is 12.1. The molecule has 0 aromatic heterocycles. The van der Waals surface area contributed by atoms with Crippen molar-refractivity contribution in [3.05, 3.63) is 24.3 Å². The smallest absolute Gasteiger partial charge is 0.305 e. The van der Waals surface area contributed by atoms with Gasteiger partial charge in [0.2, 0.25) is 0 Å². The van der Waals surface area contributed by atoms with Crippen LogP contribution in [0.2, 0.25) is 0 Å². The van der Waals surface area contributed by atoms with E-state index in [1.54, 1.807) is 6.08 Å². The molecule has 1 saturated heterocycles. The number of carbonyl (C=O) groups is 2. The Morgan fingerprint density at radius 3 is 2.51 bits per heavy atom. The van der Waals surface area contributed by atoms with Crippen LogP contribution in [0.15, 0.2) is 24.3 Å². The van der Waals surface area contributed by atoms with E-state index in [-0.39, 0.29) is 31.3 Å². The van der Waals surface area contributed by atoms with Crippen molar-refractivity contribution < 1.29 is 49.3 Å². The van der Waals surface area contributed by atoms with E-state index in [9.17, 15) is 35.1 Å². The summed E-state index contributed by atoms with van der Waals surface area (Å²) in [4.78, 5) is 24.0. The number of ether oxygens (including phenoxy) is 3. The number of hydrogen-bond acceptors (Lipinski definition) is 10. The van der Waals surface area contributed by atoms with Crippen molar-refractivity contribution in [3.8, 4) is 0 Å². The van der Waals surface area contributed by atoms with Gasteiger partial charge in [-0.1, -0.05) is 50.8 Å². The Morgan fingerprint density at radius 1 is 1.05 bits per heavy atom. The van der Waals surface area contributed by atoms with Crippen LogP contribution in [0, 0.1) is 11.8 Å². The zero-order valence-electron chi connectivity index (χ0n) is 21.7. The largest absolute Gasteiger partial charge is 0.463 e. The summed E-state index contributed by atoms with van der Waals surface area (Å²) >= 11 is 0. The predicted octanol–water partition coefficient (Wildman–Crippen LogP) is 1.17. The quantitative estimate of drug-likeness (QED) is 0.105. The van der Waals surface area contributed by atoms with E-state index in [2.05, 4.69) is 19.1 Å². The predicted molar refractivity (Wildman–Crippen MR) is 134 cm³/mol. The van der Waals surface area contributed by atoms with Gasteiger partial charge in [-0.2, -0.15) is 0 Å². The minimum atomic E-state index is -1.57. The molecule has 0 aromatic carbocycles. The lowest BCUT2D eigenvalue weighted by Gasteiger charge is -2.39. The van der Waals surface area contributed by atoms with Crippen LogP contribution >= 0.6 is 0 Å². The van der Waals surface area contributed by atoms with Crippen LogP contribution in [-0.4, -0.2) is 93.9 Å². The van der Waals surface area contributed by atoms with Crippen LogP contribution in [0.25, 0.3) is 0 Å². The third kappa shape index (κ3) is 10.6. The number of unbranched alkanes of at least 4 members (excludes halogenated alkanes) is 4. The van der Waals surface area contributed by atoms with E-state index in [0.717, 1.165) is 44.9 Å². The molecule has 1 fully saturated rings. The first kappa shape index (κ1) is 31.6. The monoisotopic (exact) mass is 528 g/mol. The Bertz CT molecular complexity index is 737. The maximum Gasteiger partial charge on any atom is 0.305 e.